The molecule has 2 heterocycles. The van der Waals surface area contributed by atoms with Crippen molar-refractivity contribution in [3.05, 3.63) is 72.7 Å². The number of fused-ring (bicyclic) bond motifs is 1. The Bertz CT molecular complexity index is 1100. The molecule has 0 N–H and O–H groups in total. The van der Waals surface area contributed by atoms with Gasteiger partial charge in [-0.05, 0) is 37.3 Å². The van der Waals surface area contributed by atoms with Crippen molar-refractivity contribution in [3.63, 3.8) is 0 Å². The van der Waals surface area contributed by atoms with Gasteiger partial charge in [-0.1, -0.05) is 17.3 Å². The SMILES string of the molecule is C=CCN(CC=C)C(=O)COC(=O)c1cc(-c2ccc(F)cc2)nc2onc(C)c12. The molecule has 0 aliphatic rings. The third kappa shape index (κ3) is 4.43. The molecule has 0 spiro atoms. The van der Waals surface area contributed by atoms with E-state index in [0.717, 1.165) is 0 Å². The zero-order chi connectivity index (χ0) is 21.7. The lowest BCUT2D eigenvalue weighted by Crippen LogP contribution is -2.35. The normalized spacial score (nSPS) is 10.6. The van der Waals surface area contributed by atoms with Crippen LogP contribution in [-0.2, 0) is 9.53 Å². The molecule has 0 saturated heterocycles. The maximum atomic E-state index is 13.2. The Hall–Kier alpha value is -3.81. The predicted octanol–water partition coefficient (Wildman–Crippen LogP) is 3.69. The van der Waals surface area contributed by atoms with Gasteiger partial charge in [0.15, 0.2) is 6.61 Å². The van der Waals surface area contributed by atoms with Crippen LogP contribution in [0.1, 0.15) is 16.1 Å². The lowest BCUT2D eigenvalue weighted by Gasteiger charge is -2.19. The van der Waals surface area contributed by atoms with E-state index in [2.05, 4.69) is 23.3 Å². The van der Waals surface area contributed by atoms with Crippen molar-refractivity contribution in [3.8, 4) is 11.3 Å². The van der Waals surface area contributed by atoms with E-state index in [-0.39, 0.29) is 17.2 Å². The van der Waals surface area contributed by atoms with Crippen molar-refractivity contribution in [2.45, 2.75) is 6.92 Å². The number of carbonyl (C=O) groups excluding carboxylic acids is 2. The number of nitrogens with zero attached hydrogens (tertiary/aromatic N) is 3. The van der Waals surface area contributed by atoms with E-state index in [4.69, 9.17) is 9.26 Å². The van der Waals surface area contributed by atoms with Crippen LogP contribution in [0.3, 0.4) is 0 Å². The summed E-state index contributed by atoms with van der Waals surface area (Å²) in [5, 5.41) is 4.25. The molecule has 1 aromatic carbocycles. The van der Waals surface area contributed by atoms with Crippen molar-refractivity contribution in [1.82, 2.24) is 15.0 Å². The summed E-state index contributed by atoms with van der Waals surface area (Å²) in [4.78, 5) is 30.9. The highest BCUT2D eigenvalue weighted by atomic mass is 19.1. The van der Waals surface area contributed by atoms with Crippen LogP contribution < -0.4 is 0 Å². The highest BCUT2D eigenvalue weighted by molar-refractivity contribution is 6.04. The molecule has 0 radical (unpaired) electrons. The summed E-state index contributed by atoms with van der Waals surface area (Å²) in [6.45, 7) is 9.05. The van der Waals surface area contributed by atoms with E-state index in [1.807, 2.05) is 0 Å². The minimum absolute atomic E-state index is 0.146. The second kappa shape index (κ2) is 9.13. The zero-order valence-electron chi connectivity index (χ0n) is 16.4. The highest BCUT2D eigenvalue weighted by Crippen LogP contribution is 2.27. The van der Waals surface area contributed by atoms with Crippen molar-refractivity contribution in [2.75, 3.05) is 19.7 Å². The van der Waals surface area contributed by atoms with E-state index >= 15 is 0 Å². The average molecular weight is 409 g/mol. The zero-order valence-corrected chi connectivity index (χ0v) is 16.4. The monoisotopic (exact) mass is 409 g/mol. The van der Waals surface area contributed by atoms with Crippen molar-refractivity contribution < 1.29 is 23.2 Å². The summed E-state index contributed by atoms with van der Waals surface area (Å²) >= 11 is 0. The quantitative estimate of drug-likeness (QED) is 0.417. The van der Waals surface area contributed by atoms with Crippen LogP contribution >= 0.6 is 0 Å². The van der Waals surface area contributed by atoms with Gasteiger partial charge in [-0.2, -0.15) is 0 Å². The van der Waals surface area contributed by atoms with E-state index < -0.39 is 18.4 Å². The van der Waals surface area contributed by atoms with Crippen LogP contribution in [0.5, 0.6) is 0 Å². The fraction of sp³-hybridized carbons (Fsp3) is 0.182. The average Bonchev–Trinajstić information content (AvgIpc) is 3.12. The Morgan fingerprint density at radius 3 is 2.50 bits per heavy atom. The molecule has 3 rings (SSSR count). The topological polar surface area (TPSA) is 85.5 Å². The second-order valence-electron chi connectivity index (χ2n) is 6.46. The van der Waals surface area contributed by atoms with Crippen molar-refractivity contribution >= 4 is 23.0 Å². The Kier molecular flexibility index (Phi) is 6.36. The molecule has 1 amide bonds. The van der Waals surface area contributed by atoms with Crippen LogP contribution in [0.2, 0.25) is 0 Å². The standard InChI is InChI=1S/C22H20FN3O4/c1-4-10-26(11-5-2)19(27)13-29-22(28)17-12-18(15-6-8-16(23)9-7-15)24-21-20(17)14(3)25-30-21/h4-9,12H,1-2,10-11,13H2,3H3. The second-order valence-corrected chi connectivity index (χ2v) is 6.46. The lowest BCUT2D eigenvalue weighted by atomic mass is 10.1. The molecule has 8 heteroatoms. The number of esters is 1. The van der Waals surface area contributed by atoms with E-state index in [0.29, 0.717) is 35.4 Å². The number of aryl methyl sites for hydroxylation is 1. The van der Waals surface area contributed by atoms with Gasteiger partial charge in [-0.15, -0.1) is 13.2 Å². The first-order chi connectivity index (χ1) is 14.4. The number of benzene rings is 1. The molecule has 2 aromatic heterocycles. The molecule has 0 aliphatic heterocycles. The van der Waals surface area contributed by atoms with Crippen molar-refractivity contribution in [2.24, 2.45) is 0 Å². The maximum absolute atomic E-state index is 13.2. The lowest BCUT2D eigenvalue weighted by molar-refractivity contribution is -0.133. The third-order valence-corrected chi connectivity index (χ3v) is 4.36. The Morgan fingerprint density at radius 2 is 1.87 bits per heavy atom. The van der Waals surface area contributed by atoms with Gasteiger partial charge < -0.3 is 14.2 Å². The molecule has 30 heavy (non-hydrogen) atoms. The fourth-order valence-corrected chi connectivity index (χ4v) is 2.91. The molecule has 3 aromatic rings. The molecule has 0 bridgehead atoms. The summed E-state index contributed by atoms with van der Waals surface area (Å²) in [5.74, 6) is -1.49. The van der Waals surface area contributed by atoms with Crippen molar-refractivity contribution in [1.29, 1.82) is 0 Å². The fourth-order valence-electron chi connectivity index (χ4n) is 2.91. The summed E-state index contributed by atoms with van der Waals surface area (Å²) in [7, 11) is 0. The van der Waals surface area contributed by atoms with Crippen LogP contribution in [-0.4, -0.2) is 46.6 Å². The van der Waals surface area contributed by atoms with E-state index in [1.165, 1.54) is 35.2 Å². The van der Waals surface area contributed by atoms with Gasteiger partial charge in [0.25, 0.3) is 11.6 Å². The largest absolute Gasteiger partial charge is 0.452 e. The number of halogens is 1. The Balaban J connectivity index is 1.90. The van der Waals surface area contributed by atoms with Gasteiger partial charge in [0, 0.05) is 18.7 Å². The van der Waals surface area contributed by atoms with Crippen LogP contribution in [0.25, 0.3) is 22.4 Å². The van der Waals surface area contributed by atoms with Gasteiger partial charge in [0.05, 0.1) is 22.3 Å². The number of hydrogen-bond acceptors (Lipinski definition) is 6. The summed E-state index contributed by atoms with van der Waals surface area (Å²) in [5.41, 5.74) is 1.73. The van der Waals surface area contributed by atoms with Gasteiger partial charge in [0.1, 0.15) is 5.82 Å². The predicted molar refractivity (Wildman–Crippen MR) is 109 cm³/mol. The molecular weight excluding hydrogens is 389 g/mol. The summed E-state index contributed by atoms with van der Waals surface area (Å²) in [6.07, 6.45) is 3.15. The first-order valence-electron chi connectivity index (χ1n) is 9.14. The molecule has 154 valence electrons. The molecule has 0 fully saturated rings. The van der Waals surface area contributed by atoms with Crippen LogP contribution in [0, 0.1) is 12.7 Å². The number of pyridine rings is 1. The minimum atomic E-state index is -0.720. The van der Waals surface area contributed by atoms with Gasteiger partial charge >= 0.3 is 5.97 Å². The molecule has 0 saturated carbocycles. The third-order valence-electron chi connectivity index (χ3n) is 4.36. The van der Waals surface area contributed by atoms with Crippen LogP contribution in [0.15, 0.2) is 60.2 Å². The van der Waals surface area contributed by atoms with Crippen LogP contribution in [0.4, 0.5) is 4.39 Å². The highest BCUT2D eigenvalue weighted by Gasteiger charge is 2.22. The first kappa shape index (κ1) is 20.9. The van der Waals surface area contributed by atoms with E-state index in [1.54, 1.807) is 19.1 Å². The Labute approximate surface area is 172 Å². The van der Waals surface area contributed by atoms with Gasteiger partial charge in [-0.25, -0.2) is 14.2 Å². The van der Waals surface area contributed by atoms with Gasteiger partial charge in [-0.3, -0.25) is 4.79 Å². The minimum Gasteiger partial charge on any atom is -0.452 e. The first-order valence-corrected chi connectivity index (χ1v) is 9.14. The number of rotatable bonds is 8. The number of carbonyl (C=O) groups is 2. The Morgan fingerprint density at radius 1 is 1.20 bits per heavy atom. The number of amides is 1. The van der Waals surface area contributed by atoms with E-state index in [9.17, 15) is 14.0 Å². The molecular formula is C22H20FN3O4. The summed E-state index contributed by atoms with van der Waals surface area (Å²) in [6, 6.07) is 7.16. The molecule has 0 aliphatic carbocycles. The smallest absolute Gasteiger partial charge is 0.339 e. The number of aromatic nitrogens is 2. The van der Waals surface area contributed by atoms with Gasteiger partial charge in [0.2, 0.25) is 0 Å². The number of ether oxygens (including phenoxy) is 1. The summed E-state index contributed by atoms with van der Waals surface area (Å²) < 4.78 is 23.7. The number of hydrogen-bond donors (Lipinski definition) is 0. The molecule has 0 unspecified atom stereocenters. The molecule has 7 nitrogen and oxygen atoms in total. The molecule has 0 atom stereocenters. The maximum Gasteiger partial charge on any atom is 0.339 e.